The van der Waals surface area contributed by atoms with E-state index in [1.54, 1.807) is 0 Å². The Bertz CT molecular complexity index is 438. The van der Waals surface area contributed by atoms with Crippen LogP contribution in [0.3, 0.4) is 0 Å². The van der Waals surface area contributed by atoms with Crippen molar-refractivity contribution in [1.82, 2.24) is 5.32 Å². The number of ether oxygens (including phenoxy) is 1. The molecule has 2 atom stereocenters. The number of rotatable bonds is 3. The van der Waals surface area contributed by atoms with Crippen LogP contribution in [0.2, 0.25) is 0 Å². The Hall–Kier alpha value is -1.53. The number of nitrogens with zero attached hydrogens (tertiary/aromatic N) is 1. The Morgan fingerprint density at radius 2 is 2.29 bits per heavy atom. The van der Waals surface area contributed by atoms with E-state index in [0.717, 1.165) is 17.7 Å². The summed E-state index contributed by atoms with van der Waals surface area (Å²) in [5, 5.41) is 13.0. The van der Waals surface area contributed by atoms with Gasteiger partial charge in [0.15, 0.2) is 0 Å². The minimum Gasteiger partial charge on any atom is -0.493 e. The van der Waals surface area contributed by atoms with Crippen LogP contribution in [-0.4, -0.2) is 12.6 Å². The molecule has 2 rings (SSSR count). The van der Waals surface area contributed by atoms with Crippen molar-refractivity contribution >= 4 is 0 Å². The van der Waals surface area contributed by atoms with Crippen LogP contribution < -0.4 is 10.1 Å². The molecule has 0 aliphatic carbocycles. The van der Waals surface area contributed by atoms with Crippen molar-refractivity contribution in [1.29, 1.82) is 5.26 Å². The van der Waals surface area contributed by atoms with Gasteiger partial charge in [0, 0.05) is 18.0 Å². The first kappa shape index (κ1) is 11.9. The normalized spacial score (nSPS) is 24.3. The second-order valence-corrected chi connectivity index (χ2v) is 4.57. The van der Waals surface area contributed by atoms with E-state index in [1.165, 1.54) is 0 Å². The summed E-state index contributed by atoms with van der Waals surface area (Å²) in [5.74, 6) is 0.830. The lowest BCUT2D eigenvalue weighted by atomic mass is 9.85. The molecule has 0 amide bonds. The van der Waals surface area contributed by atoms with Crippen molar-refractivity contribution in [2.45, 2.75) is 38.3 Å². The van der Waals surface area contributed by atoms with Gasteiger partial charge >= 0.3 is 0 Å². The summed E-state index contributed by atoms with van der Waals surface area (Å²) in [6.07, 6.45) is 1.71. The number of para-hydroxylation sites is 1. The van der Waals surface area contributed by atoms with Gasteiger partial charge in [-0.15, -0.1) is 0 Å². The van der Waals surface area contributed by atoms with Crippen molar-refractivity contribution in [2.24, 2.45) is 0 Å². The van der Waals surface area contributed by atoms with E-state index in [-0.39, 0.29) is 0 Å². The number of hydrogen-bond donors (Lipinski definition) is 1. The third-order valence-electron chi connectivity index (χ3n) is 3.38. The maximum atomic E-state index is 9.56. The smallest absolute Gasteiger partial charge is 0.139 e. The molecule has 0 saturated carbocycles. The van der Waals surface area contributed by atoms with Crippen LogP contribution in [0.5, 0.6) is 5.75 Å². The Morgan fingerprint density at radius 1 is 1.53 bits per heavy atom. The van der Waals surface area contributed by atoms with E-state index >= 15 is 0 Å². The van der Waals surface area contributed by atoms with Gasteiger partial charge in [-0.3, -0.25) is 5.32 Å². The average molecular weight is 230 g/mol. The summed E-state index contributed by atoms with van der Waals surface area (Å²) < 4.78 is 5.60. The van der Waals surface area contributed by atoms with Gasteiger partial charge in [0.2, 0.25) is 0 Å². The third-order valence-corrected chi connectivity index (χ3v) is 3.38. The molecule has 3 heteroatoms. The monoisotopic (exact) mass is 230 g/mol. The molecule has 1 aliphatic heterocycles. The Balaban J connectivity index is 2.40. The van der Waals surface area contributed by atoms with E-state index < -0.39 is 5.54 Å². The van der Waals surface area contributed by atoms with E-state index in [4.69, 9.17) is 4.74 Å². The maximum Gasteiger partial charge on any atom is 0.139 e. The van der Waals surface area contributed by atoms with Gasteiger partial charge in [-0.25, -0.2) is 0 Å². The highest BCUT2D eigenvalue weighted by atomic mass is 16.5. The minimum absolute atomic E-state index is 0.320. The Morgan fingerprint density at radius 3 is 3.00 bits per heavy atom. The summed E-state index contributed by atoms with van der Waals surface area (Å²) in [6.45, 7) is 4.82. The van der Waals surface area contributed by atoms with Crippen LogP contribution in [-0.2, 0) is 5.54 Å². The SMILES string of the molecule is CCC(C)NC1(C#N)CCOc2ccccc21. The van der Waals surface area contributed by atoms with Crippen molar-refractivity contribution in [3.05, 3.63) is 29.8 Å². The molecule has 1 aromatic carbocycles. The number of nitriles is 1. The number of nitrogens with one attached hydrogen (secondary N) is 1. The van der Waals surface area contributed by atoms with Crippen LogP contribution in [0.4, 0.5) is 0 Å². The van der Waals surface area contributed by atoms with Crippen molar-refractivity contribution in [3.8, 4) is 11.8 Å². The van der Waals surface area contributed by atoms with Crippen LogP contribution in [0.15, 0.2) is 24.3 Å². The lowest BCUT2D eigenvalue weighted by Crippen LogP contribution is -2.48. The van der Waals surface area contributed by atoms with Crippen LogP contribution in [0.1, 0.15) is 32.3 Å². The standard InChI is InChI=1S/C14H18N2O/c1-3-11(2)16-14(10-15)8-9-17-13-7-5-4-6-12(13)14/h4-7,11,16H,3,8-9H2,1-2H3. The lowest BCUT2D eigenvalue weighted by Gasteiger charge is -2.36. The summed E-state index contributed by atoms with van der Waals surface area (Å²) in [6, 6.07) is 10.6. The molecule has 0 bridgehead atoms. The quantitative estimate of drug-likeness (QED) is 0.868. The molecule has 0 aromatic heterocycles. The molecule has 90 valence electrons. The molecule has 0 radical (unpaired) electrons. The van der Waals surface area contributed by atoms with Crippen LogP contribution >= 0.6 is 0 Å². The molecular weight excluding hydrogens is 212 g/mol. The highest BCUT2D eigenvalue weighted by molar-refractivity contribution is 5.44. The molecule has 1 aromatic rings. The molecule has 0 spiro atoms. The molecule has 0 saturated heterocycles. The average Bonchev–Trinajstić information content (AvgIpc) is 2.39. The zero-order valence-electron chi connectivity index (χ0n) is 10.4. The first-order chi connectivity index (χ1) is 8.22. The minimum atomic E-state index is -0.593. The number of benzene rings is 1. The van der Waals surface area contributed by atoms with E-state index in [2.05, 4.69) is 25.2 Å². The highest BCUT2D eigenvalue weighted by Gasteiger charge is 2.38. The fourth-order valence-electron chi connectivity index (χ4n) is 2.21. The zero-order chi connectivity index (χ0) is 12.3. The molecular formula is C14H18N2O. The van der Waals surface area contributed by atoms with Gasteiger partial charge in [0.25, 0.3) is 0 Å². The molecule has 1 heterocycles. The first-order valence-corrected chi connectivity index (χ1v) is 6.13. The second-order valence-electron chi connectivity index (χ2n) is 4.57. The molecule has 1 aliphatic rings. The predicted molar refractivity (Wildman–Crippen MR) is 66.7 cm³/mol. The van der Waals surface area contributed by atoms with Gasteiger partial charge in [0.05, 0.1) is 12.7 Å². The summed E-state index contributed by atoms with van der Waals surface area (Å²) in [5.41, 5.74) is 0.374. The largest absolute Gasteiger partial charge is 0.493 e. The molecule has 17 heavy (non-hydrogen) atoms. The van der Waals surface area contributed by atoms with Gasteiger partial charge in [-0.2, -0.15) is 5.26 Å². The second kappa shape index (κ2) is 4.77. The van der Waals surface area contributed by atoms with Gasteiger partial charge in [-0.1, -0.05) is 25.1 Å². The Labute approximate surface area is 102 Å². The molecule has 0 fully saturated rings. The topological polar surface area (TPSA) is 45.0 Å². The van der Waals surface area contributed by atoms with Crippen LogP contribution in [0, 0.1) is 11.3 Å². The summed E-state index contributed by atoms with van der Waals surface area (Å²) in [7, 11) is 0. The molecule has 1 N–H and O–H groups in total. The third kappa shape index (κ3) is 2.13. The highest BCUT2D eigenvalue weighted by Crippen LogP contribution is 2.36. The first-order valence-electron chi connectivity index (χ1n) is 6.13. The zero-order valence-corrected chi connectivity index (χ0v) is 10.4. The van der Waals surface area contributed by atoms with Crippen LogP contribution in [0.25, 0.3) is 0 Å². The van der Waals surface area contributed by atoms with Crippen molar-refractivity contribution in [2.75, 3.05) is 6.61 Å². The van der Waals surface area contributed by atoms with Crippen molar-refractivity contribution in [3.63, 3.8) is 0 Å². The van der Waals surface area contributed by atoms with Gasteiger partial charge < -0.3 is 4.74 Å². The fourth-order valence-corrected chi connectivity index (χ4v) is 2.21. The van der Waals surface area contributed by atoms with Gasteiger partial charge in [0.1, 0.15) is 11.3 Å². The molecule has 3 nitrogen and oxygen atoms in total. The maximum absolute atomic E-state index is 9.56. The van der Waals surface area contributed by atoms with E-state index in [9.17, 15) is 5.26 Å². The van der Waals surface area contributed by atoms with Crippen molar-refractivity contribution < 1.29 is 4.74 Å². The van der Waals surface area contributed by atoms with E-state index in [0.29, 0.717) is 19.1 Å². The lowest BCUT2D eigenvalue weighted by molar-refractivity contribution is 0.209. The summed E-state index contributed by atoms with van der Waals surface area (Å²) in [4.78, 5) is 0. The summed E-state index contributed by atoms with van der Waals surface area (Å²) >= 11 is 0. The fraction of sp³-hybridized carbons (Fsp3) is 0.500. The van der Waals surface area contributed by atoms with E-state index in [1.807, 2.05) is 24.3 Å². The number of fused-ring (bicyclic) bond motifs is 1. The predicted octanol–water partition coefficient (Wildman–Crippen LogP) is 2.58. The Kier molecular flexibility index (Phi) is 3.35. The van der Waals surface area contributed by atoms with Gasteiger partial charge in [-0.05, 0) is 19.4 Å². The molecule has 2 unspecified atom stereocenters. The number of hydrogen-bond acceptors (Lipinski definition) is 3.